The van der Waals surface area contributed by atoms with Gasteiger partial charge in [0.2, 0.25) is 11.8 Å². The molecule has 2 heterocycles. The minimum atomic E-state index is -0.191. The minimum absolute atomic E-state index is 0.0109. The van der Waals surface area contributed by atoms with E-state index in [2.05, 4.69) is 57.3 Å². The lowest BCUT2D eigenvalue weighted by atomic mass is 9.87. The molecule has 6 nitrogen and oxygen atoms in total. The van der Waals surface area contributed by atoms with Gasteiger partial charge in [-0.15, -0.1) is 11.8 Å². The topological polar surface area (TPSA) is 67.2 Å². The molecule has 1 fully saturated rings. The fourth-order valence-electron chi connectivity index (χ4n) is 3.98. The van der Waals surface area contributed by atoms with Crippen molar-refractivity contribution < 1.29 is 9.59 Å². The standard InChI is InChI=1S/C23H30N4O2S/c1-14-7-6-8-15(11-14)20-19-21(23(2,3)4)25-26(5)22(19)27(18(29)13-30-20)12-17(28)24-16-9-10-16/h6-8,11,16,20H,9-10,12-13H2,1-5H3,(H,24,28)/t20-/m0/s1. The number of aromatic nitrogens is 2. The average Bonchev–Trinajstić information content (AvgIpc) is 3.41. The maximum Gasteiger partial charge on any atom is 0.240 e. The van der Waals surface area contributed by atoms with E-state index in [0.717, 1.165) is 35.5 Å². The SMILES string of the molecule is Cc1cccc([C@@H]2SCC(=O)N(CC(=O)NC3CC3)c3c2c(C(C)(C)C)nn3C)c1. The summed E-state index contributed by atoms with van der Waals surface area (Å²) in [6.07, 6.45) is 2.05. The van der Waals surface area contributed by atoms with Crippen molar-refractivity contribution in [3.63, 3.8) is 0 Å². The van der Waals surface area contributed by atoms with Crippen LogP contribution in [0.15, 0.2) is 24.3 Å². The lowest BCUT2D eigenvalue weighted by Gasteiger charge is -2.24. The van der Waals surface area contributed by atoms with Crippen LogP contribution < -0.4 is 10.2 Å². The van der Waals surface area contributed by atoms with E-state index in [-0.39, 0.29) is 35.1 Å². The van der Waals surface area contributed by atoms with Gasteiger partial charge in [-0.05, 0) is 25.3 Å². The summed E-state index contributed by atoms with van der Waals surface area (Å²) < 4.78 is 1.78. The second-order valence-corrected chi connectivity index (χ2v) is 10.5. The highest BCUT2D eigenvalue weighted by Crippen LogP contribution is 2.47. The van der Waals surface area contributed by atoms with Crippen molar-refractivity contribution >= 4 is 29.4 Å². The summed E-state index contributed by atoms with van der Waals surface area (Å²) >= 11 is 1.62. The molecule has 1 aliphatic heterocycles. The summed E-state index contributed by atoms with van der Waals surface area (Å²) in [6.45, 7) is 8.55. The Hall–Kier alpha value is -2.28. The van der Waals surface area contributed by atoms with E-state index in [9.17, 15) is 9.59 Å². The van der Waals surface area contributed by atoms with Crippen LogP contribution in [-0.4, -0.2) is 39.9 Å². The zero-order valence-corrected chi connectivity index (χ0v) is 19.2. The Bertz CT molecular complexity index is 988. The summed E-state index contributed by atoms with van der Waals surface area (Å²) in [5.41, 5.74) is 4.18. The molecule has 1 N–H and O–H groups in total. The third-order valence-electron chi connectivity index (χ3n) is 5.54. The Labute approximate surface area is 182 Å². The number of carbonyl (C=O) groups excluding carboxylic acids is 2. The first-order valence-corrected chi connectivity index (χ1v) is 11.6. The monoisotopic (exact) mass is 426 g/mol. The largest absolute Gasteiger partial charge is 0.352 e. The van der Waals surface area contributed by atoms with Crippen LogP contribution in [0.25, 0.3) is 0 Å². The number of hydrogen-bond acceptors (Lipinski definition) is 4. The van der Waals surface area contributed by atoms with Crippen molar-refractivity contribution in [2.45, 2.75) is 57.2 Å². The molecule has 30 heavy (non-hydrogen) atoms. The zero-order chi connectivity index (χ0) is 21.6. The van der Waals surface area contributed by atoms with Crippen LogP contribution in [-0.2, 0) is 22.1 Å². The van der Waals surface area contributed by atoms with Crippen LogP contribution >= 0.6 is 11.8 Å². The molecule has 2 aromatic rings. The van der Waals surface area contributed by atoms with Gasteiger partial charge in [0.15, 0.2) is 0 Å². The van der Waals surface area contributed by atoms with E-state index in [1.165, 1.54) is 5.56 Å². The van der Waals surface area contributed by atoms with Crippen LogP contribution in [0.3, 0.4) is 0 Å². The van der Waals surface area contributed by atoms with E-state index in [0.29, 0.717) is 5.75 Å². The molecule has 1 saturated carbocycles. The Balaban J connectivity index is 1.83. The molecule has 0 radical (unpaired) electrons. The molecule has 1 aromatic heterocycles. The van der Waals surface area contributed by atoms with Crippen LogP contribution in [0.1, 0.15) is 61.2 Å². The van der Waals surface area contributed by atoms with Crippen molar-refractivity contribution in [2.24, 2.45) is 7.05 Å². The summed E-state index contributed by atoms with van der Waals surface area (Å²) in [6, 6.07) is 8.71. The number of nitrogens with one attached hydrogen (secondary N) is 1. The second kappa shape index (κ2) is 7.76. The van der Waals surface area contributed by atoms with Gasteiger partial charge in [0.05, 0.1) is 16.7 Å². The van der Waals surface area contributed by atoms with Crippen LogP contribution in [0, 0.1) is 6.92 Å². The normalized spacial score (nSPS) is 19.4. The zero-order valence-electron chi connectivity index (χ0n) is 18.4. The number of nitrogens with zero attached hydrogens (tertiary/aromatic N) is 3. The number of carbonyl (C=O) groups is 2. The molecule has 2 aliphatic rings. The molecule has 2 amide bonds. The molecular weight excluding hydrogens is 396 g/mol. The number of anilines is 1. The maximum absolute atomic E-state index is 13.2. The van der Waals surface area contributed by atoms with Gasteiger partial charge < -0.3 is 5.32 Å². The molecule has 0 spiro atoms. The maximum atomic E-state index is 13.2. The summed E-state index contributed by atoms with van der Waals surface area (Å²) in [7, 11) is 1.87. The summed E-state index contributed by atoms with van der Waals surface area (Å²) in [5.74, 6) is 0.917. The van der Waals surface area contributed by atoms with Crippen molar-refractivity contribution in [2.75, 3.05) is 17.2 Å². The van der Waals surface area contributed by atoms with Gasteiger partial charge in [-0.1, -0.05) is 50.6 Å². The van der Waals surface area contributed by atoms with Gasteiger partial charge in [-0.25, -0.2) is 0 Å². The number of hydrogen-bond donors (Lipinski definition) is 1. The molecule has 160 valence electrons. The predicted molar refractivity (Wildman–Crippen MR) is 121 cm³/mol. The Morgan fingerprint density at radius 3 is 2.67 bits per heavy atom. The van der Waals surface area contributed by atoms with E-state index < -0.39 is 0 Å². The molecule has 1 atom stereocenters. The molecule has 0 saturated heterocycles. The molecule has 0 unspecified atom stereocenters. The first-order chi connectivity index (χ1) is 14.1. The molecule has 0 bridgehead atoms. The summed E-state index contributed by atoms with van der Waals surface area (Å²) in [5, 5.41) is 7.85. The van der Waals surface area contributed by atoms with E-state index in [1.807, 2.05) is 7.05 Å². The fraction of sp³-hybridized carbons (Fsp3) is 0.522. The average molecular weight is 427 g/mol. The van der Waals surface area contributed by atoms with Gasteiger partial charge in [-0.2, -0.15) is 5.10 Å². The van der Waals surface area contributed by atoms with Gasteiger partial charge in [0.1, 0.15) is 12.4 Å². The lowest BCUT2D eigenvalue weighted by molar-refractivity contribution is -0.123. The predicted octanol–water partition coefficient (Wildman–Crippen LogP) is 3.47. The van der Waals surface area contributed by atoms with Gasteiger partial charge in [-0.3, -0.25) is 19.2 Å². The highest BCUT2D eigenvalue weighted by Gasteiger charge is 2.39. The molecule has 7 heteroatoms. The lowest BCUT2D eigenvalue weighted by Crippen LogP contribution is -2.43. The number of aryl methyl sites for hydroxylation is 2. The first kappa shape index (κ1) is 21.0. The van der Waals surface area contributed by atoms with E-state index in [1.54, 1.807) is 21.3 Å². The van der Waals surface area contributed by atoms with Crippen molar-refractivity contribution in [1.29, 1.82) is 0 Å². The van der Waals surface area contributed by atoms with Gasteiger partial charge >= 0.3 is 0 Å². The van der Waals surface area contributed by atoms with Crippen molar-refractivity contribution in [3.8, 4) is 0 Å². The molecule has 1 aliphatic carbocycles. The number of fused-ring (bicyclic) bond motifs is 1. The minimum Gasteiger partial charge on any atom is -0.352 e. The quantitative estimate of drug-likeness (QED) is 0.813. The fourth-order valence-corrected chi connectivity index (χ4v) is 5.17. The van der Waals surface area contributed by atoms with E-state index in [4.69, 9.17) is 5.10 Å². The van der Waals surface area contributed by atoms with Crippen LogP contribution in [0.2, 0.25) is 0 Å². The number of rotatable bonds is 4. The number of thioether (sulfide) groups is 1. The van der Waals surface area contributed by atoms with E-state index >= 15 is 0 Å². The Kier molecular flexibility index (Phi) is 5.43. The first-order valence-electron chi connectivity index (χ1n) is 10.5. The van der Waals surface area contributed by atoms with Gasteiger partial charge in [0.25, 0.3) is 0 Å². The highest BCUT2D eigenvalue weighted by molar-refractivity contribution is 8.00. The smallest absolute Gasteiger partial charge is 0.240 e. The van der Waals surface area contributed by atoms with Crippen molar-refractivity contribution in [1.82, 2.24) is 15.1 Å². The van der Waals surface area contributed by atoms with Gasteiger partial charge in [0, 0.05) is 24.1 Å². The Morgan fingerprint density at radius 1 is 1.30 bits per heavy atom. The number of benzene rings is 1. The second-order valence-electron chi connectivity index (χ2n) is 9.39. The number of amides is 2. The van der Waals surface area contributed by atoms with Crippen LogP contribution in [0.4, 0.5) is 5.82 Å². The Morgan fingerprint density at radius 2 is 2.03 bits per heavy atom. The third kappa shape index (κ3) is 4.13. The summed E-state index contributed by atoms with van der Waals surface area (Å²) in [4.78, 5) is 27.4. The molecule has 1 aromatic carbocycles. The van der Waals surface area contributed by atoms with Crippen molar-refractivity contribution in [3.05, 3.63) is 46.6 Å². The third-order valence-corrected chi connectivity index (χ3v) is 6.80. The molecular formula is C23H30N4O2S. The molecule has 4 rings (SSSR count). The highest BCUT2D eigenvalue weighted by atomic mass is 32.2. The van der Waals surface area contributed by atoms with Crippen LogP contribution in [0.5, 0.6) is 0 Å².